The van der Waals surface area contributed by atoms with Crippen LogP contribution in [0.5, 0.6) is 0 Å². The quantitative estimate of drug-likeness (QED) is 0.685. The Labute approximate surface area is 117 Å². The molecule has 0 saturated carbocycles. The van der Waals surface area contributed by atoms with Crippen LogP contribution in [0.1, 0.15) is 32.1 Å². The van der Waals surface area contributed by atoms with Gasteiger partial charge in [0.25, 0.3) is 0 Å². The predicted molar refractivity (Wildman–Crippen MR) is 72.3 cm³/mol. The Hall–Kier alpha value is -1.47. The molecule has 112 valence electrons. The molecule has 0 fully saturated rings. The number of halogens is 1. The minimum absolute atomic E-state index is 0.126. The molecule has 0 spiro atoms. The number of hydrogen-bond donors (Lipinski definition) is 2. The molecule has 0 saturated heterocycles. The van der Waals surface area contributed by atoms with E-state index in [0.29, 0.717) is 12.8 Å². The summed E-state index contributed by atoms with van der Waals surface area (Å²) in [7, 11) is -3.82. The average Bonchev–Trinajstić information content (AvgIpc) is 2.37. The van der Waals surface area contributed by atoms with Gasteiger partial charge in [-0.25, -0.2) is 17.5 Å². The molecular formula is C13H18FNO4S. The number of nitrogens with one attached hydrogen (secondary N) is 1. The van der Waals surface area contributed by atoms with Crippen LogP contribution in [0.4, 0.5) is 4.39 Å². The molecule has 1 rings (SSSR count). The van der Waals surface area contributed by atoms with Crippen molar-refractivity contribution in [3.8, 4) is 0 Å². The molecule has 7 heteroatoms. The monoisotopic (exact) mass is 303 g/mol. The lowest BCUT2D eigenvalue weighted by Crippen LogP contribution is -2.25. The number of hydrogen-bond acceptors (Lipinski definition) is 3. The molecule has 20 heavy (non-hydrogen) atoms. The zero-order valence-corrected chi connectivity index (χ0v) is 11.8. The number of sulfonamides is 1. The molecule has 1 aromatic carbocycles. The van der Waals surface area contributed by atoms with E-state index in [-0.39, 0.29) is 17.9 Å². The average molecular weight is 303 g/mol. The third-order valence-electron chi connectivity index (χ3n) is 2.74. The summed E-state index contributed by atoms with van der Waals surface area (Å²) in [5, 5.41) is 8.45. The summed E-state index contributed by atoms with van der Waals surface area (Å²) in [6.07, 6.45) is 2.75. The summed E-state index contributed by atoms with van der Waals surface area (Å²) >= 11 is 0. The number of rotatable bonds is 9. The summed E-state index contributed by atoms with van der Waals surface area (Å²) < 4.78 is 39.3. The van der Waals surface area contributed by atoms with Gasteiger partial charge in [0.05, 0.1) is 0 Å². The van der Waals surface area contributed by atoms with Crippen LogP contribution in [0.15, 0.2) is 29.2 Å². The van der Waals surface area contributed by atoms with Crippen molar-refractivity contribution in [1.29, 1.82) is 0 Å². The zero-order chi connectivity index (χ0) is 15.0. The van der Waals surface area contributed by atoms with E-state index in [1.165, 1.54) is 18.2 Å². The maximum Gasteiger partial charge on any atom is 0.303 e. The fourth-order valence-corrected chi connectivity index (χ4v) is 2.85. The summed E-state index contributed by atoms with van der Waals surface area (Å²) in [6, 6.07) is 5.20. The van der Waals surface area contributed by atoms with Crippen LogP contribution in [0.3, 0.4) is 0 Å². The Bertz CT molecular complexity index is 545. The van der Waals surface area contributed by atoms with Gasteiger partial charge in [0, 0.05) is 13.0 Å². The van der Waals surface area contributed by atoms with Crippen LogP contribution >= 0.6 is 0 Å². The van der Waals surface area contributed by atoms with Crippen molar-refractivity contribution >= 4 is 16.0 Å². The van der Waals surface area contributed by atoms with Gasteiger partial charge in [0.15, 0.2) is 0 Å². The molecule has 0 atom stereocenters. The highest BCUT2D eigenvalue weighted by atomic mass is 32.2. The fraction of sp³-hybridized carbons (Fsp3) is 0.462. The first-order valence-electron chi connectivity index (χ1n) is 6.39. The van der Waals surface area contributed by atoms with Gasteiger partial charge in [-0.3, -0.25) is 4.79 Å². The van der Waals surface area contributed by atoms with Gasteiger partial charge < -0.3 is 5.11 Å². The standard InChI is InChI=1S/C13H18FNO4S/c14-11-7-4-5-8-12(11)20(18,19)15-10-6-2-1-3-9-13(16)17/h4-5,7-8,15H,1-3,6,9-10H2,(H,16,17). The normalized spacial score (nSPS) is 11.4. The van der Waals surface area contributed by atoms with Crippen molar-refractivity contribution in [3.05, 3.63) is 30.1 Å². The molecule has 0 aromatic heterocycles. The Kier molecular flexibility index (Phi) is 6.60. The van der Waals surface area contributed by atoms with Crippen molar-refractivity contribution in [2.75, 3.05) is 6.54 Å². The lowest BCUT2D eigenvalue weighted by Gasteiger charge is -2.07. The van der Waals surface area contributed by atoms with Crippen LogP contribution in [0.2, 0.25) is 0 Å². The van der Waals surface area contributed by atoms with E-state index in [0.717, 1.165) is 18.9 Å². The Morgan fingerprint density at radius 1 is 1.15 bits per heavy atom. The second kappa shape index (κ2) is 7.96. The van der Waals surface area contributed by atoms with Crippen LogP contribution in [-0.4, -0.2) is 26.0 Å². The molecule has 0 radical (unpaired) electrons. The Morgan fingerprint density at radius 3 is 2.45 bits per heavy atom. The predicted octanol–water partition coefficient (Wildman–Crippen LogP) is 2.14. The van der Waals surface area contributed by atoms with Crippen LogP contribution in [0, 0.1) is 5.82 Å². The highest BCUT2D eigenvalue weighted by molar-refractivity contribution is 7.89. The first-order valence-corrected chi connectivity index (χ1v) is 7.88. The van der Waals surface area contributed by atoms with E-state index in [1.54, 1.807) is 0 Å². The third-order valence-corrected chi connectivity index (χ3v) is 4.23. The topological polar surface area (TPSA) is 83.5 Å². The van der Waals surface area contributed by atoms with Gasteiger partial charge in [0.2, 0.25) is 10.0 Å². The zero-order valence-electron chi connectivity index (χ0n) is 11.0. The van der Waals surface area contributed by atoms with Crippen molar-refractivity contribution in [3.63, 3.8) is 0 Å². The van der Waals surface area contributed by atoms with Crippen molar-refractivity contribution in [2.45, 2.75) is 37.0 Å². The summed E-state index contributed by atoms with van der Waals surface area (Å²) in [4.78, 5) is 9.93. The summed E-state index contributed by atoms with van der Waals surface area (Å²) in [6.45, 7) is 0.212. The molecular weight excluding hydrogens is 285 g/mol. The van der Waals surface area contributed by atoms with Crippen molar-refractivity contribution in [2.24, 2.45) is 0 Å². The highest BCUT2D eigenvalue weighted by Gasteiger charge is 2.17. The van der Waals surface area contributed by atoms with Gasteiger partial charge in [-0.05, 0) is 25.0 Å². The second-order valence-corrected chi connectivity index (χ2v) is 6.12. The molecule has 0 aliphatic carbocycles. The smallest absolute Gasteiger partial charge is 0.303 e. The van der Waals surface area contributed by atoms with Crippen molar-refractivity contribution < 1.29 is 22.7 Å². The van der Waals surface area contributed by atoms with Crippen LogP contribution < -0.4 is 4.72 Å². The molecule has 1 aromatic rings. The number of carboxylic acid groups (broad SMARTS) is 1. The summed E-state index contributed by atoms with van der Waals surface area (Å²) in [5.74, 6) is -1.60. The Balaban J connectivity index is 2.31. The molecule has 0 heterocycles. The molecule has 0 unspecified atom stereocenters. The lowest BCUT2D eigenvalue weighted by atomic mass is 10.1. The SMILES string of the molecule is O=C(O)CCCCCCNS(=O)(=O)c1ccccc1F. The second-order valence-electron chi connectivity index (χ2n) is 4.39. The highest BCUT2D eigenvalue weighted by Crippen LogP contribution is 2.13. The maximum absolute atomic E-state index is 13.4. The van der Waals surface area contributed by atoms with E-state index in [4.69, 9.17) is 5.11 Å². The molecule has 2 N–H and O–H groups in total. The number of benzene rings is 1. The molecule has 0 amide bonds. The van der Waals surface area contributed by atoms with Gasteiger partial charge >= 0.3 is 5.97 Å². The lowest BCUT2D eigenvalue weighted by molar-refractivity contribution is -0.137. The Morgan fingerprint density at radius 2 is 1.80 bits per heavy atom. The maximum atomic E-state index is 13.4. The molecule has 5 nitrogen and oxygen atoms in total. The van der Waals surface area contributed by atoms with Gasteiger partial charge in [-0.2, -0.15) is 0 Å². The van der Waals surface area contributed by atoms with E-state index in [2.05, 4.69) is 4.72 Å². The van der Waals surface area contributed by atoms with Gasteiger partial charge in [-0.15, -0.1) is 0 Å². The first-order chi connectivity index (χ1) is 9.43. The number of aliphatic carboxylic acids is 1. The largest absolute Gasteiger partial charge is 0.481 e. The minimum atomic E-state index is -3.82. The first kappa shape index (κ1) is 16.6. The molecule has 0 aliphatic rings. The van der Waals surface area contributed by atoms with Crippen molar-refractivity contribution in [1.82, 2.24) is 4.72 Å². The number of carboxylic acids is 1. The molecule has 0 aliphatic heterocycles. The fourth-order valence-electron chi connectivity index (χ4n) is 1.70. The van der Waals surface area contributed by atoms with Crippen LogP contribution in [0.25, 0.3) is 0 Å². The number of unbranched alkanes of at least 4 members (excludes halogenated alkanes) is 3. The third kappa shape index (κ3) is 5.66. The number of carbonyl (C=O) groups is 1. The minimum Gasteiger partial charge on any atom is -0.481 e. The van der Waals surface area contributed by atoms with Crippen LogP contribution in [-0.2, 0) is 14.8 Å². The van der Waals surface area contributed by atoms with Gasteiger partial charge in [0.1, 0.15) is 10.7 Å². The van der Waals surface area contributed by atoms with E-state index in [9.17, 15) is 17.6 Å². The van der Waals surface area contributed by atoms with E-state index >= 15 is 0 Å². The van der Waals surface area contributed by atoms with E-state index < -0.39 is 21.8 Å². The summed E-state index contributed by atoms with van der Waals surface area (Å²) in [5.41, 5.74) is 0. The molecule has 0 bridgehead atoms. The van der Waals surface area contributed by atoms with Gasteiger partial charge in [-0.1, -0.05) is 25.0 Å². The van der Waals surface area contributed by atoms with E-state index in [1.807, 2.05) is 0 Å².